The van der Waals surface area contributed by atoms with Crippen LogP contribution in [0.2, 0.25) is 0 Å². The van der Waals surface area contributed by atoms with Crippen molar-refractivity contribution in [3.05, 3.63) is 0 Å². The van der Waals surface area contributed by atoms with Crippen molar-refractivity contribution in [2.75, 3.05) is 24.1 Å². The molecule has 1 rings (SSSR count). The Hall–Kier alpha value is -0.0400. The lowest BCUT2D eigenvalue weighted by Gasteiger charge is -2.41. The number of ether oxygens (including phenoxy) is 2. The van der Waals surface area contributed by atoms with Gasteiger partial charge in [0.1, 0.15) is 5.60 Å². The minimum Gasteiger partial charge on any atom is -0.444 e. The largest absolute Gasteiger partial charge is 0.444 e. The fourth-order valence-electron chi connectivity index (χ4n) is 2.56. The van der Waals surface area contributed by atoms with E-state index < -0.39 is 5.60 Å². The molecule has 0 saturated carbocycles. The second-order valence-corrected chi connectivity index (χ2v) is 7.96. The predicted octanol–water partition coefficient (Wildman–Crippen LogP) is 4.79. The van der Waals surface area contributed by atoms with Gasteiger partial charge in [0.2, 0.25) is 0 Å². The standard InChI is InChI=1S/C17H32INO3/c1-5-6-7-8-13-21-17(14-18)9-11-19(12-10-17)15(20)22-16(2,3)4/h5-14H2,1-4H3. The minimum atomic E-state index is -0.426. The zero-order valence-corrected chi connectivity index (χ0v) is 16.8. The number of alkyl halides is 1. The van der Waals surface area contributed by atoms with E-state index in [1.54, 1.807) is 0 Å². The van der Waals surface area contributed by atoms with Crippen molar-refractivity contribution in [3.63, 3.8) is 0 Å². The molecule has 0 aliphatic carbocycles. The van der Waals surface area contributed by atoms with Gasteiger partial charge in [0.05, 0.1) is 5.60 Å². The predicted molar refractivity (Wildman–Crippen MR) is 98.8 cm³/mol. The number of hydrogen-bond acceptors (Lipinski definition) is 3. The molecule has 0 aromatic heterocycles. The summed E-state index contributed by atoms with van der Waals surface area (Å²) in [6.07, 6.45) is 6.54. The van der Waals surface area contributed by atoms with E-state index in [2.05, 4.69) is 29.5 Å². The van der Waals surface area contributed by atoms with Crippen molar-refractivity contribution in [2.45, 2.75) is 77.4 Å². The van der Waals surface area contributed by atoms with Gasteiger partial charge in [-0.3, -0.25) is 0 Å². The molecule has 4 nitrogen and oxygen atoms in total. The van der Waals surface area contributed by atoms with E-state index in [1.165, 1.54) is 19.3 Å². The van der Waals surface area contributed by atoms with Crippen LogP contribution in [0.3, 0.4) is 0 Å². The molecule has 1 aliphatic rings. The summed E-state index contributed by atoms with van der Waals surface area (Å²) in [6, 6.07) is 0. The first-order chi connectivity index (χ1) is 10.3. The van der Waals surface area contributed by atoms with E-state index in [0.29, 0.717) is 0 Å². The van der Waals surface area contributed by atoms with E-state index in [9.17, 15) is 4.79 Å². The minimum absolute atomic E-state index is 0.0503. The van der Waals surface area contributed by atoms with Gasteiger partial charge in [-0.25, -0.2) is 4.79 Å². The van der Waals surface area contributed by atoms with Crippen molar-refractivity contribution >= 4 is 28.7 Å². The van der Waals surface area contributed by atoms with E-state index >= 15 is 0 Å². The topological polar surface area (TPSA) is 38.8 Å². The van der Waals surface area contributed by atoms with Crippen LogP contribution in [0.15, 0.2) is 0 Å². The molecule has 0 N–H and O–H groups in total. The Bertz CT molecular complexity index is 333. The van der Waals surface area contributed by atoms with Crippen LogP contribution >= 0.6 is 22.6 Å². The first kappa shape index (κ1) is 20.0. The lowest BCUT2D eigenvalue weighted by Crippen LogP contribution is -2.50. The van der Waals surface area contributed by atoms with Gasteiger partial charge in [0.15, 0.2) is 0 Å². The molecule has 0 radical (unpaired) electrons. The van der Waals surface area contributed by atoms with Gasteiger partial charge in [0.25, 0.3) is 0 Å². The summed E-state index contributed by atoms with van der Waals surface area (Å²) < 4.78 is 12.6. The lowest BCUT2D eigenvalue weighted by molar-refractivity contribution is -0.0684. The summed E-state index contributed by atoms with van der Waals surface area (Å²) in [5.74, 6) is 0. The third kappa shape index (κ3) is 7.02. The Morgan fingerprint density at radius 2 is 1.82 bits per heavy atom. The summed E-state index contributed by atoms with van der Waals surface area (Å²) in [4.78, 5) is 13.9. The molecule has 0 spiro atoms. The third-order valence-corrected chi connectivity index (χ3v) is 5.37. The Morgan fingerprint density at radius 1 is 1.18 bits per heavy atom. The van der Waals surface area contributed by atoms with Gasteiger partial charge in [-0.2, -0.15) is 0 Å². The second kappa shape index (κ2) is 9.30. The quantitative estimate of drug-likeness (QED) is 0.335. The number of rotatable bonds is 7. The maximum atomic E-state index is 12.1. The molecule has 1 amide bonds. The Labute approximate surface area is 149 Å². The molecule has 1 aliphatic heterocycles. The molecule has 1 saturated heterocycles. The van der Waals surface area contributed by atoms with Crippen LogP contribution in [0.5, 0.6) is 0 Å². The van der Waals surface area contributed by atoms with E-state index in [1.807, 2.05) is 25.7 Å². The summed E-state index contributed by atoms with van der Waals surface area (Å²) in [7, 11) is 0. The summed E-state index contributed by atoms with van der Waals surface area (Å²) >= 11 is 2.41. The summed E-state index contributed by atoms with van der Waals surface area (Å²) in [5, 5.41) is 0. The highest BCUT2D eigenvalue weighted by Crippen LogP contribution is 2.29. The van der Waals surface area contributed by atoms with Crippen molar-refractivity contribution in [3.8, 4) is 0 Å². The Kier molecular flexibility index (Phi) is 8.46. The van der Waals surface area contributed by atoms with Crippen LogP contribution in [0, 0.1) is 0 Å². The van der Waals surface area contributed by atoms with Gasteiger partial charge in [-0.05, 0) is 40.0 Å². The molecular formula is C17H32INO3. The number of carbonyl (C=O) groups is 1. The number of nitrogens with zero attached hydrogens (tertiary/aromatic N) is 1. The summed E-state index contributed by atoms with van der Waals surface area (Å²) in [5.41, 5.74) is -0.476. The first-order valence-corrected chi connectivity index (χ1v) is 10.0. The van der Waals surface area contributed by atoms with Crippen LogP contribution < -0.4 is 0 Å². The number of halogens is 1. The van der Waals surface area contributed by atoms with Gasteiger partial charge >= 0.3 is 6.09 Å². The maximum Gasteiger partial charge on any atom is 0.410 e. The highest BCUT2D eigenvalue weighted by Gasteiger charge is 2.37. The fourth-order valence-corrected chi connectivity index (χ4v) is 3.54. The number of likely N-dealkylation sites (tertiary alicyclic amines) is 1. The molecular weight excluding hydrogens is 393 g/mol. The fraction of sp³-hybridized carbons (Fsp3) is 0.941. The van der Waals surface area contributed by atoms with Crippen molar-refractivity contribution < 1.29 is 14.3 Å². The number of carbonyl (C=O) groups excluding carboxylic acids is 1. The maximum absolute atomic E-state index is 12.1. The molecule has 0 bridgehead atoms. The van der Waals surface area contributed by atoms with Crippen molar-refractivity contribution in [1.82, 2.24) is 4.90 Å². The molecule has 0 aromatic rings. The Balaban J connectivity index is 2.38. The molecule has 1 fully saturated rings. The highest BCUT2D eigenvalue weighted by molar-refractivity contribution is 14.1. The number of unbranched alkanes of at least 4 members (excludes halogenated alkanes) is 3. The van der Waals surface area contributed by atoms with Gasteiger partial charge in [-0.1, -0.05) is 48.8 Å². The zero-order valence-electron chi connectivity index (χ0n) is 14.6. The van der Waals surface area contributed by atoms with Crippen LogP contribution in [-0.4, -0.2) is 46.3 Å². The lowest BCUT2D eigenvalue weighted by atomic mass is 9.93. The van der Waals surface area contributed by atoms with Crippen molar-refractivity contribution in [2.24, 2.45) is 0 Å². The first-order valence-electron chi connectivity index (χ1n) is 8.50. The molecule has 22 heavy (non-hydrogen) atoms. The average molecular weight is 425 g/mol. The van der Waals surface area contributed by atoms with E-state index in [0.717, 1.165) is 43.4 Å². The van der Waals surface area contributed by atoms with Gasteiger partial charge in [-0.15, -0.1) is 0 Å². The third-order valence-electron chi connectivity index (χ3n) is 3.98. The summed E-state index contributed by atoms with van der Waals surface area (Å²) in [6.45, 7) is 10.2. The van der Waals surface area contributed by atoms with Crippen LogP contribution in [-0.2, 0) is 9.47 Å². The molecule has 0 atom stereocenters. The normalized spacial score (nSPS) is 18.3. The molecule has 130 valence electrons. The van der Waals surface area contributed by atoms with E-state index in [-0.39, 0.29) is 11.7 Å². The highest BCUT2D eigenvalue weighted by atomic mass is 127. The van der Waals surface area contributed by atoms with Crippen LogP contribution in [0.25, 0.3) is 0 Å². The smallest absolute Gasteiger partial charge is 0.410 e. The number of piperidine rings is 1. The van der Waals surface area contributed by atoms with Crippen molar-refractivity contribution in [1.29, 1.82) is 0 Å². The number of hydrogen-bond donors (Lipinski definition) is 0. The van der Waals surface area contributed by atoms with Crippen LogP contribution in [0.4, 0.5) is 4.79 Å². The monoisotopic (exact) mass is 425 g/mol. The number of amides is 1. The Morgan fingerprint density at radius 3 is 2.32 bits per heavy atom. The van der Waals surface area contributed by atoms with Crippen LogP contribution in [0.1, 0.15) is 66.2 Å². The molecule has 0 aromatic carbocycles. The molecule has 0 unspecified atom stereocenters. The SMILES string of the molecule is CCCCCCOC1(CI)CCN(C(=O)OC(C)(C)C)CC1. The van der Waals surface area contributed by atoms with Gasteiger partial charge in [0, 0.05) is 24.1 Å². The zero-order chi connectivity index (χ0) is 16.6. The van der Waals surface area contributed by atoms with E-state index in [4.69, 9.17) is 9.47 Å². The molecule has 1 heterocycles. The second-order valence-electron chi connectivity index (χ2n) is 7.19. The average Bonchev–Trinajstić information content (AvgIpc) is 2.46. The molecule has 5 heteroatoms. The van der Waals surface area contributed by atoms with Gasteiger partial charge < -0.3 is 14.4 Å².